The zero-order valence-electron chi connectivity index (χ0n) is 20.2. The van der Waals surface area contributed by atoms with E-state index in [0.717, 1.165) is 34.5 Å². The molecule has 2 fully saturated rings. The van der Waals surface area contributed by atoms with Crippen LogP contribution in [-0.2, 0) is 4.79 Å². The second kappa shape index (κ2) is 8.96. The highest BCUT2D eigenvalue weighted by Crippen LogP contribution is 2.44. The van der Waals surface area contributed by atoms with Crippen LogP contribution in [0.1, 0.15) is 55.5 Å². The predicted molar refractivity (Wildman–Crippen MR) is 132 cm³/mol. The average molecular weight is 476 g/mol. The molecule has 0 saturated carbocycles. The van der Waals surface area contributed by atoms with Gasteiger partial charge in [0, 0.05) is 24.2 Å². The molecule has 2 saturated heterocycles. The number of benzene rings is 2. The number of hydrogen-bond acceptors (Lipinski definition) is 4. The Balaban J connectivity index is 1.47. The molecule has 0 bridgehead atoms. The van der Waals surface area contributed by atoms with Crippen LogP contribution >= 0.6 is 0 Å². The fourth-order valence-electron chi connectivity index (χ4n) is 5.45. The summed E-state index contributed by atoms with van der Waals surface area (Å²) in [6, 6.07) is 11.7. The second-order valence-corrected chi connectivity index (χ2v) is 9.90. The maximum absolute atomic E-state index is 13.7. The van der Waals surface area contributed by atoms with Crippen LogP contribution in [0.25, 0.3) is 11.8 Å². The van der Waals surface area contributed by atoms with E-state index >= 15 is 0 Å². The van der Waals surface area contributed by atoms with Gasteiger partial charge in [0.2, 0.25) is 0 Å². The summed E-state index contributed by atoms with van der Waals surface area (Å²) >= 11 is 0. The molecule has 3 aromatic rings. The van der Waals surface area contributed by atoms with E-state index in [1.807, 2.05) is 53.8 Å². The first-order valence-electron chi connectivity index (χ1n) is 11.9. The molecule has 0 spiro atoms. The lowest BCUT2D eigenvalue weighted by Crippen LogP contribution is -2.55. The molecular formula is C28H30FN3O3. The SMILES string of the molecule is COc1cc(C=C2CC[C@H]3C[C@@](C)(O)C[C@H](c4ccc(F)cc4)N3C2=O)ccc1-n1cnc(C)c1. The number of ether oxygens (including phenoxy) is 1. The molecule has 3 heterocycles. The van der Waals surface area contributed by atoms with Crippen LogP contribution in [0.2, 0.25) is 0 Å². The Bertz CT molecular complexity index is 1280. The van der Waals surface area contributed by atoms with Crippen LogP contribution in [0, 0.1) is 12.7 Å². The Hall–Kier alpha value is -3.45. The van der Waals surface area contributed by atoms with Gasteiger partial charge in [-0.05, 0) is 74.6 Å². The number of aromatic nitrogens is 2. The summed E-state index contributed by atoms with van der Waals surface area (Å²) in [4.78, 5) is 19.9. The number of rotatable bonds is 4. The number of carbonyl (C=O) groups excluding carboxylic acids is 1. The minimum atomic E-state index is -0.878. The van der Waals surface area contributed by atoms with Crippen LogP contribution in [0.5, 0.6) is 5.75 Å². The van der Waals surface area contributed by atoms with Gasteiger partial charge in [0.15, 0.2) is 0 Å². The fraction of sp³-hybridized carbons (Fsp3) is 0.357. The summed E-state index contributed by atoms with van der Waals surface area (Å²) in [5.74, 6) is 0.345. The summed E-state index contributed by atoms with van der Waals surface area (Å²) in [5.41, 5.74) is 3.36. The minimum Gasteiger partial charge on any atom is -0.495 e. The molecule has 1 amide bonds. The molecule has 182 valence electrons. The van der Waals surface area contributed by atoms with Crippen LogP contribution in [0.3, 0.4) is 0 Å². The number of piperidine rings is 2. The molecule has 7 heteroatoms. The summed E-state index contributed by atoms with van der Waals surface area (Å²) in [6.07, 6.45) is 7.97. The number of hydrogen-bond donors (Lipinski definition) is 1. The number of aliphatic hydroxyl groups is 1. The van der Waals surface area contributed by atoms with Crippen molar-refractivity contribution in [2.75, 3.05) is 7.11 Å². The number of fused-ring (bicyclic) bond motifs is 1. The maximum atomic E-state index is 13.7. The Kier molecular flexibility index (Phi) is 5.97. The molecule has 3 atom stereocenters. The maximum Gasteiger partial charge on any atom is 0.250 e. The van der Waals surface area contributed by atoms with E-state index in [0.29, 0.717) is 25.0 Å². The van der Waals surface area contributed by atoms with Crippen LogP contribution in [0.4, 0.5) is 4.39 Å². The van der Waals surface area contributed by atoms with Crippen molar-refractivity contribution in [2.45, 2.75) is 57.2 Å². The monoisotopic (exact) mass is 475 g/mol. The zero-order valence-corrected chi connectivity index (χ0v) is 20.2. The van der Waals surface area contributed by atoms with E-state index in [2.05, 4.69) is 4.98 Å². The normalized spacial score (nSPS) is 25.6. The number of amides is 1. The lowest BCUT2D eigenvalue weighted by Gasteiger charge is -2.50. The minimum absolute atomic E-state index is 0.0284. The van der Waals surface area contributed by atoms with Gasteiger partial charge in [-0.2, -0.15) is 0 Å². The highest BCUT2D eigenvalue weighted by atomic mass is 19.1. The van der Waals surface area contributed by atoms with Gasteiger partial charge < -0.3 is 19.3 Å². The molecule has 1 N–H and O–H groups in total. The topological polar surface area (TPSA) is 67.6 Å². The van der Waals surface area contributed by atoms with Crippen molar-refractivity contribution >= 4 is 12.0 Å². The van der Waals surface area contributed by atoms with E-state index in [9.17, 15) is 14.3 Å². The summed E-state index contributed by atoms with van der Waals surface area (Å²) in [6.45, 7) is 3.76. The lowest BCUT2D eigenvalue weighted by atomic mass is 9.77. The van der Waals surface area contributed by atoms with Gasteiger partial charge >= 0.3 is 0 Å². The predicted octanol–water partition coefficient (Wildman–Crippen LogP) is 4.99. The molecule has 2 aliphatic rings. The van der Waals surface area contributed by atoms with Crippen molar-refractivity contribution in [1.82, 2.24) is 14.5 Å². The van der Waals surface area contributed by atoms with Gasteiger partial charge in [-0.25, -0.2) is 9.37 Å². The second-order valence-electron chi connectivity index (χ2n) is 9.90. The van der Waals surface area contributed by atoms with Crippen LogP contribution in [0.15, 0.2) is 60.6 Å². The third kappa shape index (κ3) is 4.60. The Morgan fingerprint density at radius 3 is 2.66 bits per heavy atom. The largest absolute Gasteiger partial charge is 0.495 e. The Morgan fingerprint density at radius 1 is 1.20 bits per heavy atom. The van der Waals surface area contributed by atoms with Crippen LogP contribution in [-0.4, -0.2) is 44.2 Å². The van der Waals surface area contributed by atoms with Gasteiger partial charge in [-0.1, -0.05) is 18.2 Å². The molecule has 35 heavy (non-hydrogen) atoms. The first-order chi connectivity index (χ1) is 16.7. The first-order valence-corrected chi connectivity index (χ1v) is 11.9. The van der Waals surface area contributed by atoms with E-state index < -0.39 is 5.60 Å². The standard InChI is InChI=1S/C28H30FN3O3/c1-18-16-31(17-30-18)24-11-4-19(13-26(24)35-3)12-21-7-10-23-14-28(2,34)15-25(32(23)27(21)33)20-5-8-22(29)9-6-20/h4-6,8-9,11-13,16-17,23,25,34H,7,10,14-15H2,1-3H3/t23-,25+,28+/m0/s1. The first kappa shape index (κ1) is 23.3. The molecule has 2 aromatic carbocycles. The third-order valence-electron chi connectivity index (χ3n) is 7.08. The number of methoxy groups -OCH3 is 1. The van der Waals surface area contributed by atoms with Crippen molar-refractivity contribution in [3.8, 4) is 11.4 Å². The van der Waals surface area contributed by atoms with E-state index in [1.165, 1.54) is 12.1 Å². The molecule has 0 aliphatic carbocycles. The number of halogens is 1. The number of carbonyl (C=O) groups is 1. The fourth-order valence-corrected chi connectivity index (χ4v) is 5.45. The highest BCUT2D eigenvalue weighted by molar-refractivity contribution is 5.99. The molecule has 5 rings (SSSR count). The molecule has 6 nitrogen and oxygen atoms in total. The number of imidazole rings is 1. The Morgan fingerprint density at radius 2 is 1.97 bits per heavy atom. The van der Waals surface area contributed by atoms with Gasteiger partial charge in [-0.15, -0.1) is 0 Å². The van der Waals surface area contributed by atoms with Crippen molar-refractivity contribution in [3.63, 3.8) is 0 Å². The van der Waals surface area contributed by atoms with Gasteiger partial charge in [0.05, 0.1) is 36.5 Å². The van der Waals surface area contributed by atoms with Gasteiger partial charge in [-0.3, -0.25) is 4.79 Å². The smallest absolute Gasteiger partial charge is 0.250 e. The third-order valence-corrected chi connectivity index (χ3v) is 7.08. The van der Waals surface area contributed by atoms with Crippen LogP contribution < -0.4 is 4.74 Å². The summed E-state index contributed by atoms with van der Waals surface area (Å²) in [5, 5.41) is 10.9. The van der Waals surface area contributed by atoms with Crippen molar-refractivity contribution in [3.05, 3.63) is 83.2 Å². The summed E-state index contributed by atoms with van der Waals surface area (Å²) in [7, 11) is 1.63. The molecule has 0 radical (unpaired) electrons. The van der Waals surface area contributed by atoms with Gasteiger partial charge in [0.1, 0.15) is 11.6 Å². The highest BCUT2D eigenvalue weighted by Gasteiger charge is 2.46. The van der Waals surface area contributed by atoms with Gasteiger partial charge in [0.25, 0.3) is 5.91 Å². The Labute approximate surface area is 204 Å². The number of nitrogens with zero attached hydrogens (tertiary/aromatic N) is 3. The van der Waals surface area contributed by atoms with E-state index in [1.54, 1.807) is 25.6 Å². The molecule has 2 aliphatic heterocycles. The van der Waals surface area contributed by atoms with Crippen molar-refractivity contribution in [2.24, 2.45) is 0 Å². The van der Waals surface area contributed by atoms with Crippen molar-refractivity contribution < 1.29 is 19.0 Å². The molecule has 0 unspecified atom stereocenters. The summed E-state index contributed by atoms with van der Waals surface area (Å²) < 4.78 is 21.1. The average Bonchev–Trinajstić information content (AvgIpc) is 3.26. The molecular weight excluding hydrogens is 445 g/mol. The van der Waals surface area contributed by atoms with E-state index in [4.69, 9.17) is 4.74 Å². The zero-order chi connectivity index (χ0) is 24.7. The van der Waals surface area contributed by atoms with Crippen molar-refractivity contribution in [1.29, 1.82) is 0 Å². The molecule has 1 aromatic heterocycles. The quantitative estimate of drug-likeness (QED) is 0.540. The number of aryl methyl sites for hydroxylation is 1. The van der Waals surface area contributed by atoms with E-state index in [-0.39, 0.29) is 23.8 Å². The lowest BCUT2D eigenvalue weighted by molar-refractivity contribution is -0.144.